The van der Waals surface area contributed by atoms with E-state index in [0.29, 0.717) is 11.3 Å². The second-order valence-electron chi connectivity index (χ2n) is 4.19. The zero-order valence-electron chi connectivity index (χ0n) is 10.8. The van der Waals surface area contributed by atoms with Crippen LogP contribution in [-0.4, -0.2) is 19.7 Å². The second kappa shape index (κ2) is 6.65. The molecule has 1 aliphatic rings. The van der Waals surface area contributed by atoms with E-state index < -0.39 is 5.97 Å². The molecule has 0 N–H and O–H groups in total. The second-order valence-corrected chi connectivity index (χ2v) is 4.19. The van der Waals surface area contributed by atoms with Crippen LogP contribution in [0.25, 0.3) is 0 Å². The molecule has 96 valence electrons. The number of nitriles is 1. The molecule has 0 aliphatic heterocycles. The van der Waals surface area contributed by atoms with Crippen LogP contribution in [0.4, 0.5) is 0 Å². The number of hydrogen-bond donors (Lipinski definition) is 0. The van der Waals surface area contributed by atoms with Crippen LogP contribution in [0.1, 0.15) is 13.8 Å². The Bertz CT molecular complexity index is 440. The normalized spacial score (nSPS) is 30.6. The first kappa shape index (κ1) is 14.0. The van der Waals surface area contributed by atoms with Crippen molar-refractivity contribution in [2.75, 3.05) is 13.7 Å². The molecule has 0 aromatic rings. The molecular weight excluding hydrogens is 230 g/mol. The lowest BCUT2D eigenvalue weighted by Gasteiger charge is -2.14. The van der Waals surface area contributed by atoms with Gasteiger partial charge in [-0.15, -0.1) is 0 Å². The van der Waals surface area contributed by atoms with E-state index in [2.05, 4.69) is 10.8 Å². The molecule has 0 aromatic heterocycles. The molecule has 2 atom stereocenters. The van der Waals surface area contributed by atoms with Crippen LogP contribution in [0.2, 0.25) is 0 Å². The molecule has 0 saturated heterocycles. The van der Waals surface area contributed by atoms with E-state index in [1.165, 1.54) is 7.11 Å². The summed E-state index contributed by atoms with van der Waals surface area (Å²) in [5.74, 6) is 0.280. The zero-order chi connectivity index (χ0) is 13.5. The highest BCUT2D eigenvalue weighted by Gasteiger charge is 2.13. The van der Waals surface area contributed by atoms with Gasteiger partial charge in [-0.3, -0.25) is 0 Å². The highest BCUT2D eigenvalue weighted by atomic mass is 16.6. The van der Waals surface area contributed by atoms with E-state index in [1.54, 1.807) is 0 Å². The SMILES string of the molecule is COC(=O)COC1=C/C(C)/C=C\C(C)/C=C\1C#N. The van der Waals surface area contributed by atoms with E-state index in [1.807, 2.05) is 38.2 Å². The van der Waals surface area contributed by atoms with Gasteiger partial charge in [0.1, 0.15) is 11.8 Å². The van der Waals surface area contributed by atoms with E-state index in [4.69, 9.17) is 10.00 Å². The van der Waals surface area contributed by atoms with Crippen molar-refractivity contribution in [3.63, 3.8) is 0 Å². The van der Waals surface area contributed by atoms with Crippen LogP contribution in [0.5, 0.6) is 0 Å². The highest BCUT2D eigenvalue weighted by molar-refractivity contribution is 5.70. The summed E-state index contributed by atoms with van der Waals surface area (Å²) >= 11 is 0. The fourth-order valence-corrected chi connectivity index (χ4v) is 1.55. The molecule has 4 nitrogen and oxygen atoms in total. The summed E-state index contributed by atoms with van der Waals surface area (Å²) in [7, 11) is 1.30. The number of carbonyl (C=O) groups excluding carboxylic acids is 1. The predicted octanol–water partition coefficient (Wildman–Crippen LogP) is 2.35. The Kier molecular flexibility index (Phi) is 5.19. The summed E-state index contributed by atoms with van der Waals surface area (Å²) in [5, 5.41) is 9.13. The molecule has 0 spiro atoms. The average Bonchev–Trinajstić information content (AvgIpc) is 2.36. The van der Waals surface area contributed by atoms with Gasteiger partial charge in [0.05, 0.1) is 12.7 Å². The molecule has 1 aliphatic carbocycles. The Morgan fingerprint density at radius 3 is 2.50 bits per heavy atom. The van der Waals surface area contributed by atoms with Gasteiger partial charge in [0, 0.05) is 0 Å². The maximum Gasteiger partial charge on any atom is 0.343 e. The highest BCUT2D eigenvalue weighted by Crippen LogP contribution is 2.21. The van der Waals surface area contributed by atoms with Gasteiger partial charge in [-0.2, -0.15) is 5.26 Å². The molecule has 0 radical (unpaired) electrons. The number of rotatable bonds is 3. The average molecular weight is 247 g/mol. The standard InChI is InChI=1S/C14H17NO3/c1-10-4-5-11(2)7-13(12(6-10)8-15)18-9-14(16)17-3/h4-7,10-11H,9H2,1-3H3/b5-4-,12-6-,13-7+. The maximum absolute atomic E-state index is 11.1. The molecule has 0 fully saturated rings. The molecule has 1 rings (SSSR count). The number of esters is 1. The van der Waals surface area contributed by atoms with Crippen LogP contribution in [-0.2, 0) is 14.3 Å². The molecular formula is C14H17NO3. The third kappa shape index (κ3) is 4.10. The topological polar surface area (TPSA) is 59.3 Å². The minimum atomic E-state index is -0.466. The molecule has 4 heteroatoms. The lowest BCUT2D eigenvalue weighted by Crippen LogP contribution is -2.12. The van der Waals surface area contributed by atoms with Crippen molar-refractivity contribution in [2.45, 2.75) is 13.8 Å². The fraction of sp³-hybridized carbons (Fsp3) is 0.429. The summed E-state index contributed by atoms with van der Waals surface area (Å²) < 4.78 is 9.86. The van der Waals surface area contributed by atoms with E-state index in [9.17, 15) is 4.79 Å². The van der Waals surface area contributed by atoms with Crippen LogP contribution < -0.4 is 0 Å². The van der Waals surface area contributed by atoms with Gasteiger partial charge in [-0.25, -0.2) is 4.79 Å². The molecule has 0 aromatic carbocycles. The number of allylic oxidation sites excluding steroid dienone is 5. The van der Waals surface area contributed by atoms with E-state index in [-0.39, 0.29) is 18.4 Å². The van der Waals surface area contributed by atoms with Crippen LogP contribution in [0.15, 0.2) is 35.6 Å². The molecule has 18 heavy (non-hydrogen) atoms. The Balaban J connectivity index is 2.92. The summed E-state index contributed by atoms with van der Waals surface area (Å²) in [6.07, 6.45) is 7.71. The van der Waals surface area contributed by atoms with Gasteiger partial charge in [0.2, 0.25) is 0 Å². The van der Waals surface area contributed by atoms with Crippen LogP contribution >= 0.6 is 0 Å². The van der Waals surface area contributed by atoms with Gasteiger partial charge >= 0.3 is 5.97 Å². The third-order valence-electron chi connectivity index (χ3n) is 2.52. The first-order valence-electron chi connectivity index (χ1n) is 5.79. The number of carbonyl (C=O) groups is 1. The summed E-state index contributed by atoms with van der Waals surface area (Å²) in [6.45, 7) is 3.79. The summed E-state index contributed by atoms with van der Waals surface area (Å²) in [5.41, 5.74) is 0.447. The zero-order valence-corrected chi connectivity index (χ0v) is 10.8. The Morgan fingerprint density at radius 2 is 1.94 bits per heavy atom. The third-order valence-corrected chi connectivity index (χ3v) is 2.52. The number of nitrogens with zero attached hydrogens (tertiary/aromatic N) is 1. The summed E-state index contributed by atoms with van der Waals surface area (Å²) in [4.78, 5) is 11.1. The summed E-state index contributed by atoms with van der Waals surface area (Å²) in [6, 6.07) is 2.10. The van der Waals surface area contributed by atoms with Crippen molar-refractivity contribution >= 4 is 5.97 Å². The Hall–Kier alpha value is -2.02. The monoisotopic (exact) mass is 247 g/mol. The Labute approximate surface area is 107 Å². The molecule has 0 amide bonds. The molecule has 0 bridgehead atoms. The first-order chi connectivity index (χ1) is 8.56. The van der Waals surface area contributed by atoms with Crippen molar-refractivity contribution in [1.82, 2.24) is 0 Å². The van der Waals surface area contributed by atoms with Gasteiger partial charge in [0.25, 0.3) is 0 Å². The van der Waals surface area contributed by atoms with Gasteiger partial charge in [0.15, 0.2) is 6.61 Å². The Morgan fingerprint density at radius 1 is 1.33 bits per heavy atom. The van der Waals surface area contributed by atoms with Crippen molar-refractivity contribution in [1.29, 1.82) is 5.26 Å². The fourth-order valence-electron chi connectivity index (χ4n) is 1.55. The molecule has 0 heterocycles. The van der Waals surface area contributed by atoms with Crippen molar-refractivity contribution in [3.05, 3.63) is 35.6 Å². The quantitative estimate of drug-likeness (QED) is 0.567. The van der Waals surface area contributed by atoms with Gasteiger partial charge in [-0.05, 0) is 17.9 Å². The number of hydrogen-bond acceptors (Lipinski definition) is 4. The lowest BCUT2D eigenvalue weighted by molar-refractivity contribution is -0.144. The smallest absolute Gasteiger partial charge is 0.343 e. The van der Waals surface area contributed by atoms with Crippen molar-refractivity contribution in [3.8, 4) is 6.07 Å². The molecule has 0 saturated carbocycles. The van der Waals surface area contributed by atoms with Crippen LogP contribution in [0.3, 0.4) is 0 Å². The van der Waals surface area contributed by atoms with Crippen molar-refractivity contribution < 1.29 is 14.3 Å². The van der Waals surface area contributed by atoms with E-state index in [0.717, 1.165) is 0 Å². The first-order valence-corrected chi connectivity index (χ1v) is 5.79. The lowest BCUT2D eigenvalue weighted by atomic mass is 9.98. The van der Waals surface area contributed by atoms with E-state index >= 15 is 0 Å². The van der Waals surface area contributed by atoms with Gasteiger partial charge < -0.3 is 9.47 Å². The predicted molar refractivity (Wildman–Crippen MR) is 67.2 cm³/mol. The minimum absolute atomic E-state index is 0.150. The largest absolute Gasteiger partial charge is 0.481 e. The number of ether oxygens (including phenoxy) is 2. The minimum Gasteiger partial charge on any atom is -0.481 e. The maximum atomic E-state index is 11.1. The number of methoxy groups -OCH3 is 1. The van der Waals surface area contributed by atoms with Crippen LogP contribution in [0, 0.1) is 23.2 Å². The van der Waals surface area contributed by atoms with Crippen molar-refractivity contribution in [2.24, 2.45) is 11.8 Å². The molecule has 2 unspecified atom stereocenters. The van der Waals surface area contributed by atoms with Gasteiger partial charge in [-0.1, -0.05) is 32.1 Å².